The highest BCUT2D eigenvalue weighted by molar-refractivity contribution is 7.89. The molecular weight excluding hydrogens is 266 g/mol. The van der Waals surface area contributed by atoms with Crippen molar-refractivity contribution in [2.24, 2.45) is 0 Å². The van der Waals surface area contributed by atoms with Crippen molar-refractivity contribution in [1.82, 2.24) is 4.72 Å². The molecule has 0 amide bonds. The van der Waals surface area contributed by atoms with E-state index in [0.29, 0.717) is 18.7 Å². The van der Waals surface area contributed by atoms with Crippen LogP contribution in [-0.4, -0.2) is 32.7 Å². The minimum Gasteiger partial charge on any atom is -0.398 e. The van der Waals surface area contributed by atoms with E-state index in [1.54, 1.807) is 13.0 Å². The summed E-state index contributed by atoms with van der Waals surface area (Å²) in [7, 11) is -2.21. The third-order valence-electron chi connectivity index (χ3n) is 3.00. The van der Waals surface area contributed by atoms with Gasteiger partial charge in [-0.1, -0.05) is 6.92 Å². The number of nitrogens with one attached hydrogen (secondary N) is 2. The van der Waals surface area contributed by atoms with Gasteiger partial charge in [0, 0.05) is 12.2 Å². The molecule has 1 unspecified atom stereocenters. The molecular formula is C12H21N3O3S. The Morgan fingerprint density at radius 3 is 2.53 bits per heavy atom. The van der Waals surface area contributed by atoms with Crippen LogP contribution in [0, 0.1) is 0 Å². The molecule has 0 spiro atoms. The normalized spacial score (nSPS) is 14.9. The first-order chi connectivity index (χ1) is 8.72. The fraction of sp³-hybridized carbons (Fsp3) is 0.500. The number of nitrogens with two attached hydrogens (primary N) is 1. The number of rotatable bonds is 6. The summed E-state index contributed by atoms with van der Waals surface area (Å²) in [5.74, 6) is 0. The topological polar surface area (TPSA) is 104 Å². The second kappa shape index (κ2) is 5.77. The lowest BCUT2D eigenvalue weighted by Gasteiger charge is -2.22. The highest BCUT2D eigenvalue weighted by Crippen LogP contribution is 2.22. The van der Waals surface area contributed by atoms with E-state index in [9.17, 15) is 13.5 Å². The number of anilines is 2. The van der Waals surface area contributed by atoms with E-state index in [-0.39, 0.29) is 10.6 Å². The maximum absolute atomic E-state index is 11.6. The lowest BCUT2D eigenvalue weighted by atomic mass is 10.0. The van der Waals surface area contributed by atoms with Crippen LogP contribution in [0.2, 0.25) is 0 Å². The van der Waals surface area contributed by atoms with Crippen LogP contribution in [0.4, 0.5) is 11.4 Å². The summed E-state index contributed by atoms with van der Waals surface area (Å²) < 4.78 is 25.5. The molecule has 0 saturated carbocycles. The predicted molar refractivity (Wildman–Crippen MR) is 76.5 cm³/mol. The van der Waals surface area contributed by atoms with Gasteiger partial charge in [0.05, 0.1) is 11.3 Å². The maximum Gasteiger partial charge on any atom is 0.242 e. The summed E-state index contributed by atoms with van der Waals surface area (Å²) in [6, 6.07) is 4.59. The molecule has 19 heavy (non-hydrogen) atoms. The van der Waals surface area contributed by atoms with Crippen LogP contribution in [-0.2, 0) is 10.0 Å². The van der Waals surface area contributed by atoms with Crippen LogP contribution < -0.4 is 15.8 Å². The standard InChI is InChI=1S/C12H21N3O3S/c1-4-12(2,16)8-15-9-5-6-11(10(13)7-9)19(17,18)14-3/h5-7,14-16H,4,8,13H2,1-3H3. The molecule has 1 aromatic rings. The molecule has 0 aliphatic carbocycles. The summed E-state index contributed by atoms with van der Waals surface area (Å²) in [5, 5.41) is 12.9. The Bertz CT molecular complexity index is 541. The number of hydrogen-bond acceptors (Lipinski definition) is 5. The first-order valence-corrected chi connectivity index (χ1v) is 7.49. The largest absolute Gasteiger partial charge is 0.398 e. The number of hydrogen-bond donors (Lipinski definition) is 4. The minimum atomic E-state index is -3.55. The maximum atomic E-state index is 11.6. The summed E-state index contributed by atoms with van der Waals surface area (Å²) in [6.45, 7) is 3.98. The number of sulfonamides is 1. The van der Waals surface area contributed by atoms with Crippen LogP contribution in [0.1, 0.15) is 20.3 Å². The van der Waals surface area contributed by atoms with Gasteiger partial charge in [0.25, 0.3) is 0 Å². The molecule has 108 valence electrons. The Morgan fingerprint density at radius 2 is 2.05 bits per heavy atom. The Morgan fingerprint density at radius 1 is 1.42 bits per heavy atom. The van der Waals surface area contributed by atoms with E-state index in [0.717, 1.165) is 0 Å². The molecule has 1 atom stereocenters. The molecule has 0 aliphatic rings. The Balaban J connectivity index is 2.90. The summed E-state index contributed by atoms with van der Waals surface area (Å²) in [4.78, 5) is 0.0443. The molecule has 1 rings (SSSR count). The van der Waals surface area contributed by atoms with Crippen LogP contribution in [0.3, 0.4) is 0 Å². The third kappa shape index (κ3) is 4.09. The Hall–Kier alpha value is -1.31. The highest BCUT2D eigenvalue weighted by atomic mass is 32.2. The number of nitrogen functional groups attached to an aromatic ring is 1. The number of aliphatic hydroxyl groups is 1. The van der Waals surface area contributed by atoms with Crippen molar-refractivity contribution in [3.05, 3.63) is 18.2 Å². The van der Waals surface area contributed by atoms with Crippen LogP contribution >= 0.6 is 0 Å². The van der Waals surface area contributed by atoms with Gasteiger partial charge in [-0.3, -0.25) is 0 Å². The molecule has 5 N–H and O–H groups in total. The molecule has 0 radical (unpaired) electrons. The van der Waals surface area contributed by atoms with Gasteiger partial charge >= 0.3 is 0 Å². The Kier molecular flexibility index (Phi) is 4.78. The predicted octanol–water partition coefficient (Wildman–Crippen LogP) is 0.750. The van der Waals surface area contributed by atoms with Gasteiger partial charge in [0.15, 0.2) is 0 Å². The first kappa shape index (κ1) is 15.7. The molecule has 0 saturated heterocycles. The third-order valence-corrected chi connectivity index (χ3v) is 4.49. The molecule has 0 bridgehead atoms. The van der Waals surface area contributed by atoms with Gasteiger partial charge in [0.2, 0.25) is 10.0 Å². The van der Waals surface area contributed by atoms with E-state index in [4.69, 9.17) is 5.73 Å². The van der Waals surface area contributed by atoms with Gasteiger partial charge in [-0.05, 0) is 38.6 Å². The minimum absolute atomic E-state index is 0.0443. The van der Waals surface area contributed by atoms with E-state index in [1.165, 1.54) is 19.2 Å². The number of benzene rings is 1. The van der Waals surface area contributed by atoms with Crippen molar-refractivity contribution in [2.75, 3.05) is 24.6 Å². The van der Waals surface area contributed by atoms with Crippen molar-refractivity contribution in [2.45, 2.75) is 30.8 Å². The van der Waals surface area contributed by atoms with E-state index >= 15 is 0 Å². The van der Waals surface area contributed by atoms with Crippen LogP contribution in [0.25, 0.3) is 0 Å². The molecule has 0 fully saturated rings. The van der Waals surface area contributed by atoms with Gasteiger partial charge in [0.1, 0.15) is 4.90 Å². The van der Waals surface area contributed by atoms with Gasteiger partial charge in [-0.25, -0.2) is 13.1 Å². The Labute approximate surface area is 114 Å². The lowest BCUT2D eigenvalue weighted by molar-refractivity contribution is 0.0697. The first-order valence-electron chi connectivity index (χ1n) is 6.01. The van der Waals surface area contributed by atoms with E-state index < -0.39 is 15.6 Å². The zero-order valence-corrected chi connectivity index (χ0v) is 12.2. The quantitative estimate of drug-likeness (QED) is 0.578. The van der Waals surface area contributed by atoms with E-state index in [1.807, 2.05) is 6.92 Å². The second-order valence-corrected chi connectivity index (χ2v) is 6.52. The highest BCUT2D eigenvalue weighted by Gasteiger charge is 2.18. The monoisotopic (exact) mass is 287 g/mol. The molecule has 7 heteroatoms. The van der Waals surface area contributed by atoms with Crippen molar-refractivity contribution < 1.29 is 13.5 Å². The van der Waals surface area contributed by atoms with Gasteiger partial charge in [-0.2, -0.15) is 0 Å². The summed E-state index contributed by atoms with van der Waals surface area (Å²) in [6.07, 6.45) is 0.613. The molecule has 0 aliphatic heterocycles. The van der Waals surface area contributed by atoms with Crippen LogP contribution in [0.5, 0.6) is 0 Å². The van der Waals surface area contributed by atoms with Crippen molar-refractivity contribution in [3.63, 3.8) is 0 Å². The zero-order chi connectivity index (χ0) is 14.7. The average molecular weight is 287 g/mol. The van der Waals surface area contributed by atoms with Crippen molar-refractivity contribution in [1.29, 1.82) is 0 Å². The lowest BCUT2D eigenvalue weighted by Crippen LogP contribution is -2.32. The second-order valence-electron chi connectivity index (χ2n) is 4.66. The van der Waals surface area contributed by atoms with Gasteiger partial charge < -0.3 is 16.2 Å². The van der Waals surface area contributed by atoms with Gasteiger partial charge in [-0.15, -0.1) is 0 Å². The van der Waals surface area contributed by atoms with Crippen LogP contribution in [0.15, 0.2) is 23.1 Å². The summed E-state index contributed by atoms with van der Waals surface area (Å²) >= 11 is 0. The van der Waals surface area contributed by atoms with E-state index in [2.05, 4.69) is 10.0 Å². The fourth-order valence-corrected chi connectivity index (χ4v) is 2.27. The molecule has 0 heterocycles. The van der Waals surface area contributed by atoms with Crippen molar-refractivity contribution in [3.8, 4) is 0 Å². The molecule has 6 nitrogen and oxygen atoms in total. The molecule has 1 aromatic carbocycles. The van der Waals surface area contributed by atoms with Crippen molar-refractivity contribution >= 4 is 21.4 Å². The average Bonchev–Trinajstić information content (AvgIpc) is 2.36. The smallest absolute Gasteiger partial charge is 0.242 e. The zero-order valence-electron chi connectivity index (χ0n) is 11.4. The fourth-order valence-electron chi connectivity index (χ4n) is 1.43. The SMILES string of the molecule is CCC(C)(O)CNc1ccc(S(=O)(=O)NC)c(N)c1. The molecule has 0 aromatic heterocycles. The summed E-state index contributed by atoms with van der Waals surface area (Å²) in [5.41, 5.74) is 5.75.